The first kappa shape index (κ1) is 15.8. The Morgan fingerprint density at radius 3 is 2.42 bits per heavy atom. The number of aliphatic hydroxyl groups is 1. The number of aliphatic hydroxyl groups excluding tert-OH is 1. The van der Waals surface area contributed by atoms with E-state index >= 15 is 0 Å². The lowest BCUT2D eigenvalue weighted by Gasteiger charge is -2.10. The fourth-order valence-corrected chi connectivity index (χ4v) is 1.98. The number of unbranched alkanes of at least 4 members (excludes halogenated alkanes) is 5. The second-order valence-electron chi connectivity index (χ2n) is 4.91. The minimum absolute atomic E-state index is 0.301. The average Bonchev–Trinajstić information content (AvgIpc) is 2.41. The SMILES string of the molecule is Cc1c(OCCCCCCCCO)cc[n+]([O-])c1C. The van der Waals surface area contributed by atoms with Gasteiger partial charge in [0, 0.05) is 19.6 Å². The summed E-state index contributed by atoms with van der Waals surface area (Å²) in [7, 11) is 0. The maximum atomic E-state index is 11.3. The van der Waals surface area contributed by atoms with Crippen LogP contribution in [0.25, 0.3) is 0 Å². The van der Waals surface area contributed by atoms with Gasteiger partial charge in [-0.2, -0.15) is 4.73 Å². The summed E-state index contributed by atoms with van der Waals surface area (Å²) in [5.41, 5.74) is 1.61. The number of nitrogens with zero attached hydrogens (tertiary/aromatic N) is 1. The smallest absolute Gasteiger partial charge is 0.196 e. The van der Waals surface area contributed by atoms with E-state index in [2.05, 4.69) is 0 Å². The molecule has 0 unspecified atom stereocenters. The lowest BCUT2D eigenvalue weighted by atomic mass is 10.1. The van der Waals surface area contributed by atoms with Crippen molar-refractivity contribution in [1.82, 2.24) is 0 Å². The molecule has 4 nitrogen and oxygen atoms in total. The fourth-order valence-electron chi connectivity index (χ4n) is 1.98. The Morgan fingerprint density at radius 1 is 1.11 bits per heavy atom. The van der Waals surface area contributed by atoms with Crippen LogP contribution in [0.4, 0.5) is 0 Å². The second kappa shape index (κ2) is 8.75. The molecule has 0 saturated heterocycles. The van der Waals surface area contributed by atoms with Gasteiger partial charge in [0.2, 0.25) is 0 Å². The van der Waals surface area contributed by atoms with Crippen LogP contribution in [0.5, 0.6) is 5.75 Å². The molecule has 0 spiro atoms. The Morgan fingerprint density at radius 2 is 1.74 bits per heavy atom. The van der Waals surface area contributed by atoms with Crippen LogP contribution in [0.15, 0.2) is 12.3 Å². The molecule has 0 amide bonds. The van der Waals surface area contributed by atoms with Crippen molar-refractivity contribution < 1.29 is 14.6 Å². The summed E-state index contributed by atoms with van der Waals surface area (Å²) in [5, 5.41) is 20.0. The first-order chi connectivity index (χ1) is 9.16. The van der Waals surface area contributed by atoms with E-state index in [1.807, 2.05) is 6.92 Å². The molecule has 0 bridgehead atoms. The predicted molar refractivity (Wildman–Crippen MR) is 75.2 cm³/mol. The molecule has 1 aromatic rings. The van der Waals surface area contributed by atoms with Gasteiger partial charge >= 0.3 is 0 Å². The first-order valence-electron chi connectivity index (χ1n) is 7.10. The summed E-state index contributed by atoms with van der Waals surface area (Å²) in [5.74, 6) is 0.810. The van der Waals surface area contributed by atoms with Gasteiger partial charge in [-0.1, -0.05) is 25.7 Å². The van der Waals surface area contributed by atoms with Crippen molar-refractivity contribution in [2.24, 2.45) is 0 Å². The van der Waals surface area contributed by atoms with Crippen molar-refractivity contribution in [1.29, 1.82) is 0 Å². The van der Waals surface area contributed by atoms with Gasteiger partial charge in [0.25, 0.3) is 0 Å². The van der Waals surface area contributed by atoms with Crippen LogP contribution >= 0.6 is 0 Å². The third-order valence-electron chi connectivity index (χ3n) is 3.41. The molecule has 0 aliphatic heterocycles. The lowest BCUT2D eigenvalue weighted by molar-refractivity contribution is -0.612. The number of pyridine rings is 1. The quantitative estimate of drug-likeness (QED) is 0.425. The summed E-state index contributed by atoms with van der Waals surface area (Å²) in [6.45, 7) is 4.71. The molecular weight excluding hydrogens is 242 g/mol. The number of hydrogen-bond acceptors (Lipinski definition) is 3. The molecule has 4 heteroatoms. The van der Waals surface area contributed by atoms with Crippen LogP contribution in [0, 0.1) is 19.1 Å². The van der Waals surface area contributed by atoms with Crippen LogP contribution in [0.1, 0.15) is 49.8 Å². The van der Waals surface area contributed by atoms with Gasteiger partial charge in [-0.05, 0) is 19.8 Å². The molecule has 108 valence electrons. The van der Waals surface area contributed by atoms with Crippen LogP contribution in [-0.4, -0.2) is 18.3 Å². The Kier molecular flexibility index (Phi) is 7.26. The summed E-state index contributed by atoms with van der Waals surface area (Å²) in [6, 6.07) is 1.73. The van der Waals surface area contributed by atoms with Gasteiger partial charge < -0.3 is 15.1 Å². The standard InChI is InChI=1S/C15H25NO3/c1-13-14(2)16(18)10-9-15(13)19-12-8-6-4-3-5-7-11-17/h9-10,17H,3-8,11-12H2,1-2H3. The molecule has 0 aliphatic rings. The molecule has 0 aliphatic carbocycles. The number of rotatable bonds is 9. The van der Waals surface area contributed by atoms with Gasteiger partial charge in [-0.25, -0.2) is 0 Å². The van der Waals surface area contributed by atoms with Gasteiger partial charge in [0.05, 0.1) is 12.2 Å². The average molecular weight is 267 g/mol. The topological polar surface area (TPSA) is 56.4 Å². The van der Waals surface area contributed by atoms with E-state index in [0.717, 1.165) is 41.7 Å². The lowest BCUT2D eigenvalue weighted by Crippen LogP contribution is -2.30. The van der Waals surface area contributed by atoms with Crippen LogP contribution in [0.2, 0.25) is 0 Å². The zero-order valence-electron chi connectivity index (χ0n) is 12.0. The van der Waals surface area contributed by atoms with E-state index in [9.17, 15) is 5.21 Å². The maximum absolute atomic E-state index is 11.3. The summed E-state index contributed by atoms with van der Waals surface area (Å²) < 4.78 is 6.57. The molecule has 1 aromatic heterocycles. The first-order valence-corrected chi connectivity index (χ1v) is 7.10. The summed E-state index contributed by atoms with van der Waals surface area (Å²) in [6.07, 6.45) is 8.07. The monoisotopic (exact) mass is 267 g/mol. The third kappa shape index (κ3) is 5.47. The largest absolute Gasteiger partial charge is 0.618 e. The molecular formula is C15H25NO3. The zero-order valence-corrected chi connectivity index (χ0v) is 12.0. The van der Waals surface area contributed by atoms with Crippen molar-refractivity contribution in [3.8, 4) is 5.75 Å². The molecule has 0 aromatic carbocycles. The Labute approximate surface area is 115 Å². The molecule has 19 heavy (non-hydrogen) atoms. The van der Waals surface area contributed by atoms with Gasteiger partial charge in [-0.3, -0.25) is 0 Å². The minimum atomic E-state index is 0.301. The van der Waals surface area contributed by atoms with E-state index in [1.54, 1.807) is 13.0 Å². The van der Waals surface area contributed by atoms with Crippen molar-refractivity contribution in [3.05, 3.63) is 28.7 Å². The molecule has 0 saturated carbocycles. The highest BCUT2D eigenvalue weighted by Gasteiger charge is 2.09. The van der Waals surface area contributed by atoms with E-state index in [1.165, 1.54) is 19.0 Å². The van der Waals surface area contributed by atoms with Crippen LogP contribution in [0.3, 0.4) is 0 Å². The number of hydrogen-bond donors (Lipinski definition) is 1. The van der Waals surface area contributed by atoms with Crippen LogP contribution in [-0.2, 0) is 0 Å². The number of ether oxygens (including phenoxy) is 1. The van der Waals surface area contributed by atoms with E-state index in [0.29, 0.717) is 18.9 Å². The second-order valence-corrected chi connectivity index (χ2v) is 4.91. The van der Waals surface area contributed by atoms with Gasteiger partial charge in [0.1, 0.15) is 5.75 Å². The Balaban J connectivity index is 2.18. The van der Waals surface area contributed by atoms with Crippen LogP contribution < -0.4 is 9.47 Å². The molecule has 1 heterocycles. The Hall–Kier alpha value is -1.29. The highest BCUT2D eigenvalue weighted by molar-refractivity contribution is 5.31. The normalized spacial score (nSPS) is 10.7. The predicted octanol–water partition coefficient (Wildman–Crippen LogP) is 2.65. The van der Waals surface area contributed by atoms with Gasteiger partial charge in [0.15, 0.2) is 11.9 Å². The highest BCUT2D eigenvalue weighted by Crippen LogP contribution is 2.18. The Bertz CT molecular complexity index is 380. The van der Waals surface area contributed by atoms with E-state index in [-0.39, 0.29) is 0 Å². The third-order valence-corrected chi connectivity index (χ3v) is 3.41. The van der Waals surface area contributed by atoms with Gasteiger partial charge in [-0.15, -0.1) is 0 Å². The zero-order chi connectivity index (χ0) is 14.1. The highest BCUT2D eigenvalue weighted by atomic mass is 16.5. The van der Waals surface area contributed by atoms with E-state index in [4.69, 9.17) is 9.84 Å². The van der Waals surface area contributed by atoms with E-state index < -0.39 is 0 Å². The maximum Gasteiger partial charge on any atom is 0.196 e. The molecule has 0 radical (unpaired) electrons. The molecule has 0 atom stereocenters. The molecule has 1 rings (SSSR count). The fraction of sp³-hybridized carbons (Fsp3) is 0.667. The van der Waals surface area contributed by atoms with Crippen molar-refractivity contribution in [2.45, 2.75) is 52.4 Å². The van der Waals surface area contributed by atoms with Crippen molar-refractivity contribution in [3.63, 3.8) is 0 Å². The molecule has 1 N–H and O–H groups in total. The summed E-state index contributed by atoms with van der Waals surface area (Å²) >= 11 is 0. The number of aromatic nitrogens is 1. The van der Waals surface area contributed by atoms with Crippen molar-refractivity contribution in [2.75, 3.05) is 13.2 Å². The summed E-state index contributed by atoms with van der Waals surface area (Å²) in [4.78, 5) is 0. The van der Waals surface area contributed by atoms with Crippen molar-refractivity contribution >= 4 is 0 Å². The minimum Gasteiger partial charge on any atom is -0.618 e. The molecule has 0 fully saturated rings.